The van der Waals surface area contributed by atoms with Crippen LogP contribution >= 0.6 is 0 Å². The first kappa shape index (κ1) is 17.1. The summed E-state index contributed by atoms with van der Waals surface area (Å²) in [5, 5.41) is 0.0577. The molecule has 0 saturated carbocycles. The lowest BCUT2D eigenvalue weighted by Gasteiger charge is -2.09. The minimum absolute atomic E-state index is 0.0577. The van der Waals surface area contributed by atoms with Crippen LogP contribution in [-0.2, 0) is 16.2 Å². The molecule has 0 radical (unpaired) electrons. The molecular formula is C14H8F5N3O2S. The molecule has 2 heterocycles. The standard InChI is InChI=1S/C14H8F5N3O2S/c15-9-3-8-11(4-10(9)16)20-6-12(8)22-25(23,24)7-1-2-13(21-5-7)14(17,18)19/h1-6,20,22H. The predicted octanol–water partition coefficient (Wildman–Crippen LogP) is 3.66. The zero-order chi connectivity index (χ0) is 18.4. The Morgan fingerprint density at radius 2 is 1.76 bits per heavy atom. The molecule has 2 N–H and O–H groups in total. The quantitative estimate of drug-likeness (QED) is 0.684. The van der Waals surface area contributed by atoms with Crippen LogP contribution in [0, 0.1) is 11.6 Å². The molecule has 2 aromatic heterocycles. The number of aromatic nitrogens is 2. The molecule has 0 aliphatic carbocycles. The SMILES string of the molecule is O=S(=O)(Nc1c[nH]c2cc(F)c(F)cc12)c1ccc(C(F)(F)F)nc1. The summed E-state index contributed by atoms with van der Waals surface area (Å²) < 4.78 is 90.5. The molecule has 0 unspecified atom stereocenters. The Labute approximate surface area is 137 Å². The summed E-state index contributed by atoms with van der Waals surface area (Å²) in [7, 11) is -4.28. The second-order valence-electron chi connectivity index (χ2n) is 5.00. The zero-order valence-electron chi connectivity index (χ0n) is 12.0. The topological polar surface area (TPSA) is 74.8 Å². The monoisotopic (exact) mass is 377 g/mol. The highest BCUT2D eigenvalue weighted by Crippen LogP contribution is 2.29. The molecule has 0 aliphatic heterocycles. The summed E-state index contributed by atoms with van der Waals surface area (Å²) in [5.41, 5.74) is -1.19. The van der Waals surface area contributed by atoms with Gasteiger partial charge in [0.2, 0.25) is 0 Å². The number of aromatic amines is 1. The van der Waals surface area contributed by atoms with Gasteiger partial charge in [-0.25, -0.2) is 17.2 Å². The van der Waals surface area contributed by atoms with E-state index in [2.05, 4.69) is 14.7 Å². The van der Waals surface area contributed by atoms with Crippen LogP contribution in [0.15, 0.2) is 41.6 Å². The summed E-state index contributed by atoms with van der Waals surface area (Å²) in [4.78, 5) is 5.12. The second kappa shape index (κ2) is 5.69. The van der Waals surface area contributed by atoms with Gasteiger partial charge in [0.1, 0.15) is 10.6 Å². The van der Waals surface area contributed by atoms with Crippen LogP contribution in [0.2, 0.25) is 0 Å². The van der Waals surface area contributed by atoms with E-state index >= 15 is 0 Å². The minimum Gasteiger partial charge on any atom is -0.359 e. The molecule has 0 spiro atoms. The molecule has 5 nitrogen and oxygen atoms in total. The molecule has 1 aromatic carbocycles. The molecule has 3 aromatic rings. The molecule has 0 atom stereocenters. The van der Waals surface area contributed by atoms with Crippen LogP contribution in [0.3, 0.4) is 0 Å². The maximum absolute atomic E-state index is 13.3. The number of rotatable bonds is 3. The molecule has 0 bridgehead atoms. The fourth-order valence-electron chi connectivity index (χ4n) is 2.11. The Morgan fingerprint density at radius 3 is 2.36 bits per heavy atom. The highest BCUT2D eigenvalue weighted by atomic mass is 32.2. The lowest BCUT2D eigenvalue weighted by Crippen LogP contribution is -2.14. The number of nitrogens with one attached hydrogen (secondary N) is 2. The Morgan fingerprint density at radius 1 is 1.08 bits per heavy atom. The molecular weight excluding hydrogens is 369 g/mol. The van der Waals surface area contributed by atoms with Crippen molar-refractivity contribution >= 4 is 26.6 Å². The van der Waals surface area contributed by atoms with Crippen LogP contribution in [-0.4, -0.2) is 18.4 Å². The Bertz CT molecular complexity index is 1040. The van der Waals surface area contributed by atoms with Crippen molar-refractivity contribution in [1.82, 2.24) is 9.97 Å². The minimum atomic E-state index is -4.70. The van der Waals surface area contributed by atoms with Crippen molar-refractivity contribution < 1.29 is 30.4 Å². The highest BCUT2D eigenvalue weighted by molar-refractivity contribution is 7.92. The Kier molecular flexibility index (Phi) is 3.90. The second-order valence-corrected chi connectivity index (χ2v) is 6.68. The molecule has 0 aliphatic rings. The van der Waals surface area contributed by atoms with Gasteiger partial charge < -0.3 is 4.98 Å². The number of fused-ring (bicyclic) bond motifs is 1. The lowest BCUT2D eigenvalue weighted by atomic mass is 10.2. The number of H-pyrrole nitrogens is 1. The van der Waals surface area contributed by atoms with E-state index in [4.69, 9.17) is 0 Å². The molecule has 0 saturated heterocycles. The molecule has 0 amide bonds. The van der Waals surface area contributed by atoms with Crippen molar-refractivity contribution in [2.24, 2.45) is 0 Å². The predicted molar refractivity (Wildman–Crippen MR) is 78.3 cm³/mol. The number of hydrogen-bond donors (Lipinski definition) is 2. The van der Waals surface area contributed by atoms with Gasteiger partial charge >= 0.3 is 6.18 Å². The van der Waals surface area contributed by atoms with Gasteiger partial charge in [-0.2, -0.15) is 13.2 Å². The average molecular weight is 377 g/mol. The highest BCUT2D eigenvalue weighted by Gasteiger charge is 2.32. The maximum Gasteiger partial charge on any atom is 0.433 e. The van der Waals surface area contributed by atoms with Gasteiger partial charge in [0.25, 0.3) is 10.0 Å². The lowest BCUT2D eigenvalue weighted by molar-refractivity contribution is -0.141. The van der Waals surface area contributed by atoms with Crippen LogP contribution in [0.5, 0.6) is 0 Å². The summed E-state index contributed by atoms with van der Waals surface area (Å²) in [6.07, 6.45) is -2.98. The van der Waals surface area contributed by atoms with Crippen molar-refractivity contribution in [3.8, 4) is 0 Å². The number of anilines is 1. The first-order valence-electron chi connectivity index (χ1n) is 6.60. The van der Waals surface area contributed by atoms with Gasteiger partial charge in [0.15, 0.2) is 11.6 Å². The van der Waals surface area contributed by atoms with Crippen molar-refractivity contribution in [1.29, 1.82) is 0 Å². The number of alkyl halides is 3. The van der Waals surface area contributed by atoms with Gasteiger partial charge in [-0.15, -0.1) is 0 Å². The number of hydrogen-bond acceptors (Lipinski definition) is 3. The first-order chi connectivity index (χ1) is 11.6. The maximum atomic E-state index is 13.3. The van der Waals surface area contributed by atoms with E-state index < -0.39 is 38.4 Å². The van der Waals surface area contributed by atoms with Gasteiger partial charge in [-0.1, -0.05) is 0 Å². The van der Waals surface area contributed by atoms with E-state index in [0.717, 1.165) is 18.2 Å². The average Bonchev–Trinajstić information content (AvgIpc) is 2.88. The van der Waals surface area contributed by atoms with Gasteiger partial charge in [-0.05, 0) is 18.2 Å². The van der Waals surface area contributed by atoms with Crippen LogP contribution in [0.1, 0.15) is 5.69 Å². The normalized spacial score (nSPS) is 12.5. The molecule has 25 heavy (non-hydrogen) atoms. The van der Waals surface area contributed by atoms with E-state index in [1.165, 1.54) is 6.20 Å². The van der Waals surface area contributed by atoms with Crippen molar-refractivity contribution in [3.63, 3.8) is 0 Å². The van der Waals surface area contributed by atoms with E-state index in [9.17, 15) is 30.4 Å². The van der Waals surface area contributed by atoms with E-state index in [-0.39, 0.29) is 16.6 Å². The number of sulfonamides is 1. The molecule has 11 heteroatoms. The van der Waals surface area contributed by atoms with Gasteiger partial charge in [0.05, 0.1) is 11.2 Å². The fourth-order valence-corrected chi connectivity index (χ4v) is 3.13. The van der Waals surface area contributed by atoms with Crippen molar-refractivity contribution in [3.05, 3.63) is 54.0 Å². The summed E-state index contributed by atoms with van der Waals surface area (Å²) in [6, 6.07) is 2.91. The number of pyridine rings is 1. The zero-order valence-corrected chi connectivity index (χ0v) is 12.8. The molecule has 132 valence electrons. The van der Waals surface area contributed by atoms with Gasteiger partial charge in [-0.3, -0.25) is 9.71 Å². The van der Waals surface area contributed by atoms with Crippen molar-refractivity contribution in [2.75, 3.05) is 4.72 Å². The molecule has 0 fully saturated rings. The Balaban J connectivity index is 1.95. The smallest absolute Gasteiger partial charge is 0.359 e. The number of halogens is 5. The summed E-state index contributed by atoms with van der Waals surface area (Å²) in [5.74, 6) is -2.29. The number of benzene rings is 1. The summed E-state index contributed by atoms with van der Waals surface area (Å²) in [6.45, 7) is 0. The van der Waals surface area contributed by atoms with Crippen LogP contribution in [0.4, 0.5) is 27.6 Å². The summed E-state index contributed by atoms with van der Waals surface area (Å²) >= 11 is 0. The van der Waals surface area contributed by atoms with Crippen molar-refractivity contribution in [2.45, 2.75) is 11.1 Å². The third kappa shape index (κ3) is 3.27. The first-order valence-corrected chi connectivity index (χ1v) is 8.08. The molecule has 3 rings (SSSR count). The van der Waals surface area contributed by atoms with E-state index in [1.54, 1.807) is 0 Å². The van der Waals surface area contributed by atoms with E-state index in [0.29, 0.717) is 12.3 Å². The number of nitrogens with zero attached hydrogens (tertiary/aromatic N) is 1. The van der Waals surface area contributed by atoms with Gasteiger partial charge in [0, 0.05) is 23.8 Å². The van der Waals surface area contributed by atoms with Crippen LogP contribution < -0.4 is 4.72 Å². The van der Waals surface area contributed by atoms with Crippen LogP contribution in [0.25, 0.3) is 10.9 Å². The third-order valence-corrected chi connectivity index (χ3v) is 4.65. The fraction of sp³-hybridized carbons (Fsp3) is 0.0714. The Hall–Kier alpha value is -2.69. The van der Waals surface area contributed by atoms with E-state index in [1.807, 2.05) is 0 Å². The third-order valence-electron chi connectivity index (χ3n) is 3.30. The largest absolute Gasteiger partial charge is 0.433 e.